The van der Waals surface area contributed by atoms with E-state index in [9.17, 15) is 4.79 Å². The molecule has 0 radical (unpaired) electrons. The van der Waals surface area contributed by atoms with Gasteiger partial charge in [-0.05, 0) is 37.0 Å². The van der Waals surface area contributed by atoms with Crippen LogP contribution in [0.15, 0.2) is 24.3 Å². The highest BCUT2D eigenvalue weighted by molar-refractivity contribution is 5.93. The molecule has 16 heavy (non-hydrogen) atoms. The highest BCUT2D eigenvalue weighted by atomic mass is 16.5. The Bertz CT molecular complexity index is 375. The first kappa shape index (κ1) is 11.1. The van der Waals surface area contributed by atoms with Gasteiger partial charge >= 0.3 is 0 Å². The van der Waals surface area contributed by atoms with Crippen molar-refractivity contribution in [2.45, 2.75) is 32.0 Å². The number of amides is 1. The lowest BCUT2D eigenvalue weighted by Gasteiger charge is -2.25. The maximum atomic E-state index is 11.3. The zero-order chi connectivity index (χ0) is 11.4. The number of rotatable bonds is 4. The summed E-state index contributed by atoms with van der Waals surface area (Å²) in [7, 11) is 0. The van der Waals surface area contributed by atoms with E-state index >= 15 is 0 Å². The van der Waals surface area contributed by atoms with Crippen molar-refractivity contribution < 1.29 is 9.53 Å². The number of hydrazine groups is 1. The van der Waals surface area contributed by atoms with Crippen LogP contribution in [0.4, 0.5) is 0 Å². The topological polar surface area (TPSA) is 64.3 Å². The summed E-state index contributed by atoms with van der Waals surface area (Å²) in [6, 6.07) is 7.33. The van der Waals surface area contributed by atoms with Crippen molar-refractivity contribution in [1.82, 2.24) is 5.43 Å². The van der Waals surface area contributed by atoms with E-state index in [2.05, 4.69) is 5.43 Å². The fourth-order valence-corrected chi connectivity index (χ4v) is 1.64. The van der Waals surface area contributed by atoms with Gasteiger partial charge in [-0.15, -0.1) is 0 Å². The Kier molecular flexibility index (Phi) is 3.54. The molecule has 0 aliphatic heterocycles. The van der Waals surface area contributed by atoms with Crippen LogP contribution in [0.3, 0.4) is 0 Å². The van der Waals surface area contributed by atoms with Gasteiger partial charge in [0.15, 0.2) is 0 Å². The van der Waals surface area contributed by atoms with E-state index < -0.39 is 0 Å². The molecule has 0 saturated heterocycles. The SMILES string of the molecule is NNC(=O)c1cccc(COC2CCC2)c1. The second-order valence-electron chi connectivity index (χ2n) is 4.04. The smallest absolute Gasteiger partial charge is 0.265 e. The molecule has 1 amide bonds. The van der Waals surface area contributed by atoms with Crippen LogP contribution in [0.1, 0.15) is 35.2 Å². The minimum atomic E-state index is -0.273. The van der Waals surface area contributed by atoms with Gasteiger partial charge in [0, 0.05) is 5.56 Å². The number of hydrogen-bond donors (Lipinski definition) is 2. The maximum absolute atomic E-state index is 11.3. The summed E-state index contributed by atoms with van der Waals surface area (Å²) in [6.45, 7) is 0.566. The molecule has 0 atom stereocenters. The van der Waals surface area contributed by atoms with E-state index in [1.54, 1.807) is 12.1 Å². The van der Waals surface area contributed by atoms with Gasteiger partial charge in [-0.3, -0.25) is 10.2 Å². The Morgan fingerprint density at radius 3 is 2.94 bits per heavy atom. The molecule has 0 heterocycles. The van der Waals surface area contributed by atoms with Crippen molar-refractivity contribution in [1.29, 1.82) is 0 Å². The number of nitrogen functional groups attached to an aromatic ring is 1. The lowest BCUT2D eigenvalue weighted by Crippen LogP contribution is -2.30. The molecule has 1 aliphatic carbocycles. The number of ether oxygens (including phenoxy) is 1. The number of benzene rings is 1. The van der Waals surface area contributed by atoms with Gasteiger partial charge in [0.25, 0.3) is 5.91 Å². The molecule has 1 saturated carbocycles. The molecule has 0 aromatic heterocycles. The highest BCUT2D eigenvalue weighted by Crippen LogP contribution is 2.23. The van der Waals surface area contributed by atoms with Crippen LogP contribution in [0.5, 0.6) is 0 Å². The van der Waals surface area contributed by atoms with Crippen LogP contribution in [0.2, 0.25) is 0 Å². The molecule has 1 aromatic rings. The Morgan fingerprint density at radius 1 is 1.50 bits per heavy atom. The molecule has 1 aliphatic rings. The van der Waals surface area contributed by atoms with Gasteiger partial charge in [0.05, 0.1) is 12.7 Å². The molecular formula is C12H16N2O2. The average molecular weight is 220 g/mol. The van der Waals surface area contributed by atoms with E-state index in [1.807, 2.05) is 12.1 Å². The first-order valence-electron chi connectivity index (χ1n) is 5.51. The summed E-state index contributed by atoms with van der Waals surface area (Å²) < 4.78 is 5.67. The van der Waals surface area contributed by atoms with Crippen LogP contribution in [0, 0.1) is 0 Å². The Morgan fingerprint density at radius 2 is 2.31 bits per heavy atom. The molecule has 4 heteroatoms. The highest BCUT2D eigenvalue weighted by Gasteiger charge is 2.17. The van der Waals surface area contributed by atoms with Crippen molar-refractivity contribution in [3.63, 3.8) is 0 Å². The largest absolute Gasteiger partial charge is 0.374 e. The molecule has 0 spiro atoms. The third-order valence-electron chi connectivity index (χ3n) is 2.86. The molecule has 3 N–H and O–H groups in total. The molecule has 86 valence electrons. The standard InChI is InChI=1S/C12H16N2O2/c13-14-12(15)10-4-1-3-9(7-10)8-16-11-5-2-6-11/h1,3-4,7,11H,2,5-6,8,13H2,(H,14,15). The fraction of sp³-hybridized carbons (Fsp3) is 0.417. The van der Waals surface area contributed by atoms with Crippen molar-refractivity contribution in [2.75, 3.05) is 0 Å². The van der Waals surface area contributed by atoms with Gasteiger partial charge in [0.2, 0.25) is 0 Å². The predicted octanol–water partition coefficient (Wildman–Crippen LogP) is 1.36. The normalized spacial score (nSPS) is 15.6. The number of hydrogen-bond acceptors (Lipinski definition) is 3. The minimum Gasteiger partial charge on any atom is -0.374 e. The maximum Gasteiger partial charge on any atom is 0.265 e. The van der Waals surface area contributed by atoms with E-state index in [-0.39, 0.29) is 5.91 Å². The van der Waals surface area contributed by atoms with Gasteiger partial charge in [-0.25, -0.2) is 5.84 Å². The molecular weight excluding hydrogens is 204 g/mol. The van der Waals surface area contributed by atoms with Crippen LogP contribution < -0.4 is 11.3 Å². The Labute approximate surface area is 94.8 Å². The number of carbonyl (C=O) groups excluding carboxylic acids is 1. The summed E-state index contributed by atoms with van der Waals surface area (Å²) in [5, 5.41) is 0. The summed E-state index contributed by atoms with van der Waals surface area (Å²) in [4.78, 5) is 11.3. The van der Waals surface area contributed by atoms with E-state index in [0.29, 0.717) is 18.3 Å². The van der Waals surface area contributed by atoms with Crippen molar-refractivity contribution >= 4 is 5.91 Å². The zero-order valence-corrected chi connectivity index (χ0v) is 9.11. The van der Waals surface area contributed by atoms with Crippen LogP contribution in [0.25, 0.3) is 0 Å². The third-order valence-corrected chi connectivity index (χ3v) is 2.86. The zero-order valence-electron chi connectivity index (χ0n) is 9.11. The summed E-state index contributed by atoms with van der Waals surface area (Å²) in [5.41, 5.74) is 3.69. The monoisotopic (exact) mass is 220 g/mol. The van der Waals surface area contributed by atoms with Crippen molar-refractivity contribution in [2.24, 2.45) is 5.84 Å². The number of nitrogens with two attached hydrogens (primary N) is 1. The van der Waals surface area contributed by atoms with Crippen LogP contribution in [-0.4, -0.2) is 12.0 Å². The average Bonchev–Trinajstić information content (AvgIpc) is 2.26. The lowest BCUT2D eigenvalue weighted by molar-refractivity contribution is -0.00867. The van der Waals surface area contributed by atoms with Crippen molar-refractivity contribution in [3.8, 4) is 0 Å². The molecule has 2 rings (SSSR count). The van der Waals surface area contributed by atoms with Gasteiger partial charge in [-0.2, -0.15) is 0 Å². The van der Waals surface area contributed by atoms with E-state index in [0.717, 1.165) is 18.4 Å². The second-order valence-corrected chi connectivity index (χ2v) is 4.04. The summed E-state index contributed by atoms with van der Waals surface area (Å²) in [5.74, 6) is 4.80. The molecule has 0 unspecified atom stereocenters. The van der Waals surface area contributed by atoms with Crippen molar-refractivity contribution in [3.05, 3.63) is 35.4 Å². The second kappa shape index (κ2) is 5.09. The summed E-state index contributed by atoms with van der Waals surface area (Å²) in [6.07, 6.45) is 3.98. The lowest BCUT2D eigenvalue weighted by atomic mass is 9.96. The third kappa shape index (κ3) is 2.59. The molecule has 4 nitrogen and oxygen atoms in total. The molecule has 1 fully saturated rings. The van der Waals surface area contributed by atoms with Gasteiger partial charge in [-0.1, -0.05) is 12.1 Å². The minimum absolute atomic E-state index is 0.273. The number of carbonyl (C=O) groups is 1. The van der Waals surface area contributed by atoms with Gasteiger partial charge < -0.3 is 4.74 Å². The Hall–Kier alpha value is -1.39. The van der Waals surface area contributed by atoms with Gasteiger partial charge in [0.1, 0.15) is 0 Å². The van der Waals surface area contributed by atoms with Crippen LogP contribution >= 0.6 is 0 Å². The van der Waals surface area contributed by atoms with Crippen LogP contribution in [-0.2, 0) is 11.3 Å². The molecule has 0 bridgehead atoms. The summed E-state index contributed by atoms with van der Waals surface area (Å²) >= 11 is 0. The first-order valence-corrected chi connectivity index (χ1v) is 5.51. The predicted molar refractivity (Wildman–Crippen MR) is 60.5 cm³/mol. The molecule has 1 aromatic carbocycles. The fourth-order valence-electron chi connectivity index (χ4n) is 1.64. The number of nitrogens with one attached hydrogen (secondary N) is 1. The Balaban J connectivity index is 1.95. The van der Waals surface area contributed by atoms with E-state index in [1.165, 1.54) is 6.42 Å². The van der Waals surface area contributed by atoms with E-state index in [4.69, 9.17) is 10.6 Å². The quantitative estimate of drug-likeness (QED) is 0.457. The first-order chi connectivity index (χ1) is 7.79.